The number of nitrogen functional groups attached to an aromatic ring is 1. The first kappa shape index (κ1) is 23.8. The van der Waals surface area contributed by atoms with Crippen molar-refractivity contribution in [3.8, 4) is 0 Å². The molecule has 0 radical (unpaired) electrons. The molecule has 4 saturated carbocycles. The van der Waals surface area contributed by atoms with E-state index < -0.39 is 11.7 Å². The zero-order valence-electron chi connectivity index (χ0n) is 19.8. The molecule has 1 heterocycles. The van der Waals surface area contributed by atoms with Gasteiger partial charge in [-0.2, -0.15) is 13.2 Å². The van der Waals surface area contributed by atoms with Crippen molar-refractivity contribution in [2.24, 2.45) is 23.2 Å². The summed E-state index contributed by atoms with van der Waals surface area (Å²) in [6, 6.07) is 4.48. The first-order valence-corrected chi connectivity index (χ1v) is 12.9. The maximum absolute atomic E-state index is 13.2. The highest BCUT2D eigenvalue weighted by Crippen LogP contribution is 2.61. The second kappa shape index (κ2) is 9.25. The Balaban J connectivity index is 1.13. The van der Waals surface area contributed by atoms with Gasteiger partial charge in [-0.3, -0.25) is 9.69 Å². The molecule has 1 aliphatic heterocycles. The van der Waals surface area contributed by atoms with Gasteiger partial charge in [0.1, 0.15) is 0 Å². The Morgan fingerprint density at radius 1 is 1.06 bits per heavy atom. The third-order valence-electron chi connectivity index (χ3n) is 9.14. The van der Waals surface area contributed by atoms with Crippen LogP contribution in [0.1, 0.15) is 56.9 Å². The highest BCUT2D eigenvalue weighted by Gasteiger charge is 2.53. The molecule has 1 amide bonds. The minimum atomic E-state index is -4.44. The SMILES string of the molecule is Nc1ccc(N2CCN(CCCC(NC=O)C34CC5CC(CC(C5)C3)C4)CC2)cc1C(F)(F)F. The van der Waals surface area contributed by atoms with Crippen molar-refractivity contribution in [3.63, 3.8) is 0 Å². The Hall–Kier alpha value is -1.96. The lowest BCUT2D eigenvalue weighted by Gasteiger charge is -2.59. The first-order chi connectivity index (χ1) is 16.3. The van der Waals surface area contributed by atoms with Gasteiger partial charge in [0, 0.05) is 43.6 Å². The molecule has 0 spiro atoms. The summed E-state index contributed by atoms with van der Waals surface area (Å²) in [6.07, 6.45) is 6.56. The fourth-order valence-corrected chi connectivity index (χ4v) is 7.99. The third-order valence-corrected chi connectivity index (χ3v) is 9.14. The third kappa shape index (κ3) is 4.75. The molecular weight excluding hydrogens is 441 g/mol. The molecule has 1 unspecified atom stereocenters. The lowest BCUT2D eigenvalue weighted by Crippen LogP contribution is -2.56. The van der Waals surface area contributed by atoms with Gasteiger partial charge < -0.3 is 16.0 Å². The Morgan fingerprint density at radius 3 is 2.24 bits per heavy atom. The number of carbonyl (C=O) groups is 1. The number of hydrogen-bond donors (Lipinski definition) is 2. The molecule has 5 aliphatic rings. The van der Waals surface area contributed by atoms with Crippen LogP contribution in [-0.4, -0.2) is 50.1 Å². The Morgan fingerprint density at radius 2 is 1.68 bits per heavy atom. The van der Waals surface area contributed by atoms with Crippen LogP contribution in [0.2, 0.25) is 0 Å². The number of rotatable bonds is 8. The summed E-state index contributed by atoms with van der Waals surface area (Å²) in [6.45, 7) is 4.02. The maximum atomic E-state index is 13.2. The minimum Gasteiger partial charge on any atom is -0.398 e. The highest BCUT2D eigenvalue weighted by atomic mass is 19.4. The number of hydrogen-bond acceptors (Lipinski definition) is 4. The Kier molecular flexibility index (Phi) is 6.46. The molecule has 0 aromatic heterocycles. The van der Waals surface area contributed by atoms with Gasteiger partial charge in [0.05, 0.1) is 5.56 Å². The van der Waals surface area contributed by atoms with Gasteiger partial charge in [-0.1, -0.05) is 0 Å². The van der Waals surface area contributed by atoms with Gasteiger partial charge in [-0.05, 0) is 99.3 Å². The van der Waals surface area contributed by atoms with Crippen molar-refractivity contribution in [1.82, 2.24) is 10.2 Å². The van der Waals surface area contributed by atoms with E-state index in [9.17, 15) is 18.0 Å². The molecule has 1 atom stereocenters. The number of nitrogens with two attached hydrogens (primary N) is 1. The van der Waals surface area contributed by atoms with E-state index in [-0.39, 0.29) is 11.7 Å². The van der Waals surface area contributed by atoms with Crippen LogP contribution in [0.15, 0.2) is 18.2 Å². The van der Waals surface area contributed by atoms with E-state index >= 15 is 0 Å². The van der Waals surface area contributed by atoms with Crippen LogP contribution in [0.4, 0.5) is 24.5 Å². The number of halogens is 3. The summed E-state index contributed by atoms with van der Waals surface area (Å²) >= 11 is 0. The Bertz CT molecular complexity index is 846. The molecule has 1 aromatic carbocycles. The summed E-state index contributed by atoms with van der Waals surface area (Å²) in [5.41, 5.74) is 5.45. The van der Waals surface area contributed by atoms with Gasteiger partial charge in [-0.15, -0.1) is 0 Å². The van der Waals surface area contributed by atoms with E-state index in [0.717, 1.165) is 56.6 Å². The predicted molar refractivity (Wildman–Crippen MR) is 127 cm³/mol. The molecule has 8 heteroatoms. The first-order valence-electron chi connectivity index (χ1n) is 12.9. The second-order valence-corrected chi connectivity index (χ2v) is 11.4. The molecule has 5 nitrogen and oxygen atoms in total. The number of carbonyl (C=O) groups excluding carboxylic acids is 1. The fraction of sp³-hybridized carbons (Fsp3) is 0.731. The predicted octanol–water partition coefficient (Wildman–Crippen LogP) is 4.52. The lowest BCUT2D eigenvalue weighted by molar-refractivity contribution is -0.136. The number of piperazine rings is 1. The molecule has 188 valence electrons. The molecule has 4 aliphatic carbocycles. The largest absolute Gasteiger partial charge is 0.418 e. The van der Waals surface area contributed by atoms with Gasteiger partial charge >= 0.3 is 6.18 Å². The van der Waals surface area contributed by atoms with E-state index in [1.165, 1.54) is 50.7 Å². The molecule has 5 fully saturated rings. The van der Waals surface area contributed by atoms with Crippen LogP contribution in [0.5, 0.6) is 0 Å². The Labute approximate surface area is 200 Å². The lowest BCUT2D eigenvalue weighted by atomic mass is 9.47. The summed E-state index contributed by atoms with van der Waals surface area (Å²) < 4.78 is 39.7. The van der Waals surface area contributed by atoms with Crippen LogP contribution in [0.3, 0.4) is 0 Å². The van der Waals surface area contributed by atoms with E-state index in [4.69, 9.17) is 5.73 Å². The zero-order valence-corrected chi connectivity index (χ0v) is 19.8. The van der Waals surface area contributed by atoms with E-state index in [1.807, 2.05) is 4.90 Å². The smallest absolute Gasteiger partial charge is 0.398 e. The highest BCUT2D eigenvalue weighted by molar-refractivity contribution is 5.59. The van der Waals surface area contributed by atoms with E-state index in [2.05, 4.69) is 10.2 Å². The van der Waals surface area contributed by atoms with E-state index in [1.54, 1.807) is 6.07 Å². The number of nitrogens with one attached hydrogen (secondary N) is 1. The van der Waals surface area contributed by atoms with Gasteiger partial charge in [0.25, 0.3) is 0 Å². The standard InChI is InChI=1S/C26H37F3N4O/c27-26(28,29)22-13-21(3-4-23(22)30)33-8-6-32(7-9-33)5-1-2-24(31-17-34)25-14-18-10-19(15-25)12-20(11-18)16-25/h3-4,13,17-20,24H,1-2,5-12,14-16,30H2,(H,31,34). The molecule has 34 heavy (non-hydrogen) atoms. The molecule has 3 N–H and O–H groups in total. The summed E-state index contributed by atoms with van der Waals surface area (Å²) in [5, 5.41) is 3.22. The van der Waals surface area contributed by atoms with Gasteiger partial charge in [0.2, 0.25) is 6.41 Å². The van der Waals surface area contributed by atoms with Gasteiger partial charge in [-0.25, -0.2) is 0 Å². The average molecular weight is 479 g/mol. The summed E-state index contributed by atoms with van der Waals surface area (Å²) in [7, 11) is 0. The van der Waals surface area contributed by atoms with Crippen LogP contribution >= 0.6 is 0 Å². The second-order valence-electron chi connectivity index (χ2n) is 11.4. The average Bonchev–Trinajstić information content (AvgIpc) is 2.78. The van der Waals surface area contributed by atoms with Crippen molar-refractivity contribution in [2.75, 3.05) is 43.4 Å². The topological polar surface area (TPSA) is 61.6 Å². The molecule has 1 aromatic rings. The van der Waals surface area contributed by atoms with Crippen molar-refractivity contribution < 1.29 is 18.0 Å². The molecule has 4 bridgehead atoms. The van der Waals surface area contributed by atoms with Gasteiger partial charge in [0.15, 0.2) is 0 Å². The van der Waals surface area contributed by atoms with Crippen molar-refractivity contribution in [2.45, 2.75) is 63.6 Å². The number of alkyl halides is 3. The van der Waals surface area contributed by atoms with Crippen molar-refractivity contribution >= 4 is 17.8 Å². The molecular formula is C26H37F3N4O. The number of amides is 1. The molecule has 1 saturated heterocycles. The summed E-state index contributed by atoms with van der Waals surface area (Å²) in [4.78, 5) is 15.9. The fourth-order valence-electron chi connectivity index (χ4n) is 7.99. The van der Waals surface area contributed by atoms with E-state index in [0.29, 0.717) is 24.2 Å². The quantitative estimate of drug-likeness (QED) is 0.426. The number of nitrogens with zero attached hydrogens (tertiary/aromatic N) is 2. The van der Waals surface area contributed by atoms with Crippen LogP contribution < -0.4 is 16.0 Å². The monoisotopic (exact) mass is 478 g/mol. The maximum Gasteiger partial charge on any atom is 0.418 e. The van der Waals surface area contributed by atoms with Crippen molar-refractivity contribution in [3.05, 3.63) is 23.8 Å². The normalized spacial score (nSPS) is 32.1. The minimum absolute atomic E-state index is 0.229. The number of benzene rings is 1. The van der Waals surface area contributed by atoms with Crippen LogP contribution in [0, 0.1) is 23.2 Å². The van der Waals surface area contributed by atoms with Crippen LogP contribution in [-0.2, 0) is 11.0 Å². The zero-order chi connectivity index (χ0) is 23.9. The number of anilines is 2. The molecule has 6 rings (SSSR count). The summed E-state index contributed by atoms with van der Waals surface area (Å²) in [5.74, 6) is 2.59. The van der Waals surface area contributed by atoms with Crippen LogP contribution in [0.25, 0.3) is 0 Å². The van der Waals surface area contributed by atoms with Crippen molar-refractivity contribution in [1.29, 1.82) is 0 Å².